The molecule has 20 heavy (non-hydrogen) atoms. The summed E-state index contributed by atoms with van der Waals surface area (Å²) < 4.78 is 0. The van der Waals surface area contributed by atoms with Crippen LogP contribution in [0.25, 0.3) is 0 Å². The lowest BCUT2D eigenvalue weighted by Crippen LogP contribution is -2.58. The molecule has 0 aliphatic carbocycles. The number of carbonyl (C=O) groups excluding carboxylic acids is 1. The summed E-state index contributed by atoms with van der Waals surface area (Å²) in [6.45, 7) is 6.56. The van der Waals surface area contributed by atoms with Crippen LogP contribution in [0.5, 0.6) is 0 Å². The van der Waals surface area contributed by atoms with Gasteiger partial charge in [0.1, 0.15) is 0 Å². The summed E-state index contributed by atoms with van der Waals surface area (Å²) in [6, 6.07) is -0.489. The quantitative estimate of drug-likeness (QED) is 0.653. The molecule has 112 valence electrons. The Kier molecular flexibility index (Phi) is 4.59. The minimum atomic E-state index is -1.12. The SMILES string of the molecule is CC(C)(NC(=O)NCc1csc(=O)[nH]1)C(C)(C)C(=O)O. The van der Waals surface area contributed by atoms with Crippen molar-refractivity contribution in [1.82, 2.24) is 15.6 Å². The smallest absolute Gasteiger partial charge is 0.315 e. The third kappa shape index (κ3) is 3.60. The van der Waals surface area contributed by atoms with E-state index in [0.717, 1.165) is 11.3 Å². The predicted octanol–water partition coefficient (Wildman–Crippen LogP) is 1.13. The molecule has 1 aromatic rings. The second-order valence-corrected chi connectivity index (χ2v) is 6.38. The van der Waals surface area contributed by atoms with Crippen molar-refractivity contribution in [2.24, 2.45) is 5.41 Å². The van der Waals surface area contributed by atoms with Gasteiger partial charge in [-0.05, 0) is 27.7 Å². The number of urea groups is 1. The van der Waals surface area contributed by atoms with E-state index in [1.54, 1.807) is 33.1 Å². The van der Waals surface area contributed by atoms with Gasteiger partial charge in [0.25, 0.3) is 0 Å². The molecule has 0 atom stereocenters. The lowest BCUT2D eigenvalue weighted by Gasteiger charge is -2.38. The molecule has 0 saturated heterocycles. The number of carboxylic acids is 1. The number of rotatable bonds is 5. The predicted molar refractivity (Wildman–Crippen MR) is 75.8 cm³/mol. The lowest BCUT2D eigenvalue weighted by molar-refractivity contribution is -0.150. The molecule has 1 aromatic heterocycles. The standard InChI is InChI=1S/C12H19N3O4S/c1-11(2,8(16)17)12(3,4)15-9(18)13-5-7-6-20-10(19)14-7/h6H,5H2,1-4H3,(H,14,19)(H,16,17)(H2,13,15,18). The van der Waals surface area contributed by atoms with E-state index in [0.29, 0.717) is 5.69 Å². The number of carbonyl (C=O) groups is 2. The second-order valence-electron chi connectivity index (χ2n) is 5.54. The van der Waals surface area contributed by atoms with Gasteiger partial charge in [-0.1, -0.05) is 11.3 Å². The van der Waals surface area contributed by atoms with E-state index in [4.69, 9.17) is 0 Å². The minimum absolute atomic E-state index is 0.175. The zero-order valence-corrected chi connectivity index (χ0v) is 12.7. The normalized spacial score (nSPS) is 12.0. The number of aromatic amines is 1. The summed E-state index contributed by atoms with van der Waals surface area (Å²) in [5.74, 6) is -0.995. The number of nitrogens with one attached hydrogen (secondary N) is 3. The van der Waals surface area contributed by atoms with Gasteiger partial charge in [-0.25, -0.2) is 4.79 Å². The van der Waals surface area contributed by atoms with E-state index >= 15 is 0 Å². The van der Waals surface area contributed by atoms with Crippen LogP contribution in [0.3, 0.4) is 0 Å². The van der Waals surface area contributed by atoms with Crippen LogP contribution in [0.4, 0.5) is 4.79 Å². The fourth-order valence-electron chi connectivity index (χ4n) is 1.33. The van der Waals surface area contributed by atoms with Crippen LogP contribution < -0.4 is 15.5 Å². The fourth-order valence-corrected chi connectivity index (χ4v) is 1.91. The maximum absolute atomic E-state index is 11.8. The monoisotopic (exact) mass is 301 g/mol. The highest BCUT2D eigenvalue weighted by molar-refractivity contribution is 7.07. The summed E-state index contributed by atoms with van der Waals surface area (Å²) in [6.07, 6.45) is 0. The van der Waals surface area contributed by atoms with Crippen LogP contribution in [0.1, 0.15) is 33.4 Å². The number of aromatic nitrogens is 1. The topological polar surface area (TPSA) is 111 Å². The summed E-state index contributed by atoms with van der Waals surface area (Å²) in [5, 5.41) is 16.0. The molecule has 1 rings (SSSR count). The Balaban J connectivity index is 2.61. The Morgan fingerprint density at radius 3 is 2.40 bits per heavy atom. The molecule has 0 fully saturated rings. The first-order valence-electron chi connectivity index (χ1n) is 6.02. The Bertz CT molecular complexity index is 559. The van der Waals surface area contributed by atoms with Gasteiger partial charge in [0.2, 0.25) is 0 Å². The second kappa shape index (κ2) is 5.66. The molecule has 1 heterocycles. The first-order chi connectivity index (χ1) is 9.06. The van der Waals surface area contributed by atoms with Crippen molar-refractivity contribution in [2.45, 2.75) is 39.8 Å². The van der Waals surface area contributed by atoms with Gasteiger partial charge in [-0.3, -0.25) is 9.59 Å². The molecule has 0 unspecified atom stereocenters. The van der Waals surface area contributed by atoms with Crippen LogP contribution in [0.15, 0.2) is 10.2 Å². The third-order valence-electron chi connectivity index (χ3n) is 3.53. The van der Waals surface area contributed by atoms with Crippen molar-refractivity contribution in [3.8, 4) is 0 Å². The van der Waals surface area contributed by atoms with Crippen molar-refractivity contribution in [2.75, 3.05) is 0 Å². The first-order valence-corrected chi connectivity index (χ1v) is 6.90. The van der Waals surface area contributed by atoms with Gasteiger partial charge in [0, 0.05) is 11.1 Å². The Morgan fingerprint density at radius 1 is 1.35 bits per heavy atom. The molecule has 8 heteroatoms. The first kappa shape index (κ1) is 16.2. The van der Waals surface area contributed by atoms with Crippen LogP contribution in [-0.4, -0.2) is 27.6 Å². The molecule has 0 aliphatic rings. The van der Waals surface area contributed by atoms with Crippen LogP contribution in [0, 0.1) is 5.41 Å². The number of hydrogen-bond donors (Lipinski definition) is 4. The zero-order chi connectivity index (χ0) is 15.6. The Labute approximate surface area is 120 Å². The van der Waals surface area contributed by atoms with Crippen molar-refractivity contribution in [1.29, 1.82) is 0 Å². The maximum atomic E-state index is 11.8. The summed E-state index contributed by atoms with van der Waals surface area (Å²) in [7, 11) is 0. The number of H-pyrrole nitrogens is 1. The summed E-state index contributed by atoms with van der Waals surface area (Å²) >= 11 is 1.02. The lowest BCUT2D eigenvalue weighted by atomic mass is 9.74. The summed E-state index contributed by atoms with van der Waals surface area (Å²) in [4.78, 5) is 36.3. The van der Waals surface area contributed by atoms with Gasteiger partial charge in [-0.2, -0.15) is 0 Å². The molecule has 2 amide bonds. The van der Waals surface area contributed by atoms with E-state index in [9.17, 15) is 19.5 Å². The van der Waals surface area contributed by atoms with Gasteiger partial charge >= 0.3 is 16.9 Å². The molecule has 0 aromatic carbocycles. The minimum Gasteiger partial charge on any atom is -0.481 e. The average Bonchev–Trinajstić information content (AvgIpc) is 2.71. The highest BCUT2D eigenvalue weighted by Gasteiger charge is 2.44. The molecule has 7 nitrogen and oxygen atoms in total. The van der Waals surface area contributed by atoms with Crippen molar-refractivity contribution in [3.05, 3.63) is 20.7 Å². The van der Waals surface area contributed by atoms with Crippen molar-refractivity contribution >= 4 is 23.3 Å². The highest BCUT2D eigenvalue weighted by Crippen LogP contribution is 2.30. The number of aliphatic carboxylic acids is 1. The van der Waals surface area contributed by atoms with Gasteiger partial charge in [0.05, 0.1) is 17.5 Å². The van der Waals surface area contributed by atoms with E-state index in [2.05, 4.69) is 15.6 Å². The van der Waals surface area contributed by atoms with Gasteiger partial charge in [-0.15, -0.1) is 0 Å². The zero-order valence-electron chi connectivity index (χ0n) is 11.9. The average molecular weight is 301 g/mol. The van der Waals surface area contributed by atoms with Gasteiger partial charge < -0.3 is 20.7 Å². The molecular weight excluding hydrogens is 282 g/mol. The number of hydrogen-bond acceptors (Lipinski definition) is 4. The van der Waals surface area contributed by atoms with E-state index in [1.807, 2.05) is 0 Å². The molecule has 0 radical (unpaired) electrons. The Hall–Kier alpha value is -1.83. The molecule has 0 bridgehead atoms. The maximum Gasteiger partial charge on any atom is 0.315 e. The van der Waals surface area contributed by atoms with Crippen LogP contribution >= 0.6 is 11.3 Å². The van der Waals surface area contributed by atoms with Crippen molar-refractivity contribution in [3.63, 3.8) is 0 Å². The Morgan fingerprint density at radius 2 is 1.95 bits per heavy atom. The van der Waals surface area contributed by atoms with Crippen LogP contribution in [-0.2, 0) is 11.3 Å². The van der Waals surface area contributed by atoms with E-state index in [1.165, 1.54) is 0 Å². The molecule has 4 N–H and O–H groups in total. The van der Waals surface area contributed by atoms with Gasteiger partial charge in [0.15, 0.2) is 0 Å². The van der Waals surface area contributed by atoms with Crippen LogP contribution in [0.2, 0.25) is 0 Å². The largest absolute Gasteiger partial charge is 0.481 e. The molecule has 0 spiro atoms. The number of carboxylic acid groups (broad SMARTS) is 1. The number of amides is 2. The third-order valence-corrected chi connectivity index (χ3v) is 4.25. The van der Waals surface area contributed by atoms with E-state index in [-0.39, 0.29) is 11.4 Å². The molecule has 0 saturated carbocycles. The summed E-state index contributed by atoms with van der Waals surface area (Å²) in [5.41, 5.74) is -1.46. The van der Waals surface area contributed by atoms with E-state index < -0.39 is 23.0 Å². The van der Waals surface area contributed by atoms with Crippen molar-refractivity contribution < 1.29 is 14.7 Å². The fraction of sp³-hybridized carbons (Fsp3) is 0.583. The highest BCUT2D eigenvalue weighted by atomic mass is 32.1. The molecule has 0 aliphatic heterocycles. The number of thiazole rings is 1. The molecular formula is C12H19N3O4S.